The lowest BCUT2D eigenvalue weighted by atomic mass is 10.00. The van der Waals surface area contributed by atoms with Crippen LogP contribution in [0.4, 0.5) is 15.0 Å². The zero-order valence-corrected chi connectivity index (χ0v) is 27.0. The highest BCUT2D eigenvalue weighted by Gasteiger charge is 2.48. The van der Waals surface area contributed by atoms with E-state index >= 15 is 4.39 Å². The highest BCUT2D eigenvalue weighted by molar-refractivity contribution is 6.00. The van der Waals surface area contributed by atoms with Crippen molar-refractivity contribution >= 4 is 33.6 Å². The standard InChI is InChI=1S/C35H41FN6O4/c1-20-13-23-17-41(18-28(20)42(23)34(44)46-35(2,3)4)32-27-16-37-30(26-15-24(43)14-21-9-6-7-11-25(21)26)29(36)31(27)38-33(39-32)45-19-22-10-8-12-40(22)5/h6-7,9,11,14-16,20,22-23,28,43H,8,10,12-13,17-19H2,1-5H3/t20-,22+,23?,28?/m1/s1. The number of aromatic nitrogens is 3. The molecule has 10 nitrogen and oxygen atoms in total. The summed E-state index contributed by atoms with van der Waals surface area (Å²) in [6, 6.07) is 10.8. The normalized spacial score (nSPS) is 23.4. The van der Waals surface area contributed by atoms with Crippen LogP contribution in [0.5, 0.6) is 11.8 Å². The molecule has 11 heteroatoms. The molecule has 7 rings (SSSR count). The Morgan fingerprint density at radius 3 is 2.67 bits per heavy atom. The number of ether oxygens (including phenoxy) is 2. The molecule has 4 aromatic rings. The summed E-state index contributed by atoms with van der Waals surface area (Å²) in [6.45, 7) is 10.2. The quantitative estimate of drug-likeness (QED) is 0.285. The minimum absolute atomic E-state index is 0.0236. The Labute approximate surface area is 268 Å². The van der Waals surface area contributed by atoms with Crippen molar-refractivity contribution in [1.29, 1.82) is 0 Å². The van der Waals surface area contributed by atoms with E-state index in [4.69, 9.17) is 14.5 Å². The monoisotopic (exact) mass is 628 g/mol. The van der Waals surface area contributed by atoms with Crippen LogP contribution in [0.25, 0.3) is 32.9 Å². The highest BCUT2D eigenvalue weighted by Crippen LogP contribution is 2.41. The van der Waals surface area contributed by atoms with Crippen molar-refractivity contribution in [1.82, 2.24) is 24.8 Å². The van der Waals surface area contributed by atoms with Crippen LogP contribution in [-0.2, 0) is 4.74 Å². The summed E-state index contributed by atoms with van der Waals surface area (Å²) in [7, 11) is 2.08. The second-order valence-corrected chi connectivity index (χ2v) is 14.0. The number of hydrogen-bond donors (Lipinski definition) is 1. The molecule has 2 aromatic carbocycles. The van der Waals surface area contributed by atoms with Crippen LogP contribution < -0.4 is 9.64 Å². The number of amides is 1. The average Bonchev–Trinajstić information content (AvgIpc) is 3.50. The van der Waals surface area contributed by atoms with Crippen LogP contribution in [-0.4, -0.2) is 93.0 Å². The highest BCUT2D eigenvalue weighted by atomic mass is 19.1. The second-order valence-electron chi connectivity index (χ2n) is 14.0. The molecule has 0 aliphatic carbocycles. The number of anilines is 1. The van der Waals surface area contributed by atoms with Gasteiger partial charge < -0.3 is 24.4 Å². The average molecular weight is 629 g/mol. The van der Waals surface area contributed by atoms with Crippen molar-refractivity contribution < 1.29 is 23.8 Å². The summed E-state index contributed by atoms with van der Waals surface area (Å²) in [5.74, 6) is 0.204. The number of carbonyl (C=O) groups is 1. The zero-order chi connectivity index (χ0) is 32.3. The maximum atomic E-state index is 16.7. The summed E-state index contributed by atoms with van der Waals surface area (Å²) in [5.41, 5.74) is 0.0746. The van der Waals surface area contributed by atoms with Gasteiger partial charge in [-0.15, -0.1) is 0 Å². The lowest BCUT2D eigenvalue weighted by Gasteiger charge is -2.42. The van der Waals surface area contributed by atoms with E-state index in [0.29, 0.717) is 36.5 Å². The molecular formula is C35H41FN6O4. The molecule has 0 spiro atoms. The first-order valence-corrected chi connectivity index (χ1v) is 16.1. The van der Waals surface area contributed by atoms with Gasteiger partial charge in [-0.1, -0.05) is 31.2 Å². The number of benzene rings is 2. The Morgan fingerprint density at radius 2 is 1.93 bits per heavy atom. The van der Waals surface area contributed by atoms with Gasteiger partial charge in [0.15, 0.2) is 5.82 Å². The van der Waals surface area contributed by atoms with E-state index in [2.05, 4.69) is 33.7 Å². The minimum Gasteiger partial charge on any atom is -0.508 e. The van der Waals surface area contributed by atoms with Crippen molar-refractivity contribution in [3.63, 3.8) is 0 Å². The van der Waals surface area contributed by atoms with Gasteiger partial charge in [0.25, 0.3) is 0 Å². The van der Waals surface area contributed by atoms with Gasteiger partial charge in [0.1, 0.15) is 35.0 Å². The second kappa shape index (κ2) is 11.5. The molecule has 5 heterocycles. The molecule has 3 fully saturated rings. The fraction of sp³-hybridized carbons (Fsp3) is 0.486. The Hall–Kier alpha value is -4.25. The van der Waals surface area contributed by atoms with Crippen LogP contribution in [0.15, 0.2) is 42.6 Å². The van der Waals surface area contributed by atoms with Crippen molar-refractivity contribution in [3.05, 3.63) is 48.4 Å². The molecule has 2 unspecified atom stereocenters. The van der Waals surface area contributed by atoms with E-state index in [1.54, 1.807) is 12.3 Å². The van der Waals surface area contributed by atoms with Crippen LogP contribution in [0.1, 0.15) is 47.0 Å². The number of hydrogen-bond acceptors (Lipinski definition) is 9. The molecule has 3 aliphatic heterocycles. The first-order chi connectivity index (χ1) is 22.0. The maximum Gasteiger partial charge on any atom is 0.410 e. The van der Waals surface area contributed by atoms with Gasteiger partial charge in [-0.25, -0.2) is 9.18 Å². The van der Waals surface area contributed by atoms with Gasteiger partial charge in [-0.2, -0.15) is 9.97 Å². The number of likely N-dealkylation sites (N-methyl/N-ethyl adjacent to an activating group) is 1. The topological polar surface area (TPSA) is 104 Å². The molecule has 1 N–H and O–H groups in total. The number of carbonyl (C=O) groups excluding carboxylic acids is 1. The summed E-state index contributed by atoms with van der Waals surface area (Å²) in [4.78, 5) is 33.6. The number of pyridine rings is 1. The lowest BCUT2D eigenvalue weighted by molar-refractivity contribution is 0.0108. The first-order valence-electron chi connectivity index (χ1n) is 16.1. The molecule has 0 radical (unpaired) electrons. The van der Waals surface area contributed by atoms with E-state index in [1.807, 2.05) is 49.9 Å². The molecule has 0 saturated carbocycles. The maximum absolute atomic E-state index is 16.7. The van der Waals surface area contributed by atoms with E-state index in [-0.39, 0.29) is 53.1 Å². The molecule has 2 bridgehead atoms. The van der Waals surface area contributed by atoms with Gasteiger partial charge in [-0.05, 0) is 82.4 Å². The fourth-order valence-corrected chi connectivity index (χ4v) is 7.37. The van der Waals surface area contributed by atoms with Crippen molar-refractivity contribution in [2.75, 3.05) is 38.2 Å². The summed E-state index contributed by atoms with van der Waals surface area (Å²) >= 11 is 0. The van der Waals surface area contributed by atoms with E-state index < -0.39 is 11.4 Å². The van der Waals surface area contributed by atoms with Gasteiger partial charge in [-0.3, -0.25) is 9.88 Å². The number of phenols is 1. The molecule has 3 aliphatic rings. The van der Waals surface area contributed by atoms with Gasteiger partial charge >= 0.3 is 12.1 Å². The van der Waals surface area contributed by atoms with Gasteiger partial charge in [0.2, 0.25) is 0 Å². The largest absolute Gasteiger partial charge is 0.508 e. The third-order valence-corrected chi connectivity index (χ3v) is 9.62. The SMILES string of the molecule is C[C@@H]1CC2CN(c3nc(OC[C@@H]4CCCN4C)nc4c(F)c(-c5cc(O)cc6ccccc56)ncc34)CC1N2C(=O)OC(C)(C)C. The van der Waals surface area contributed by atoms with Gasteiger partial charge in [0, 0.05) is 30.9 Å². The number of halogens is 1. The number of phenolic OH excluding ortho intramolecular Hbond substituents is 1. The predicted octanol–water partition coefficient (Wildman–Crippen LogP) is 6.00. The molecule has 3 saturated heterocycles. The summed E-state index contributed by atoms with van der Waals surface area (Å²) in [5, 5.41) is 12.5. The lowest BCUT2D eigenvalue weighted by Crippen LogP contribution is -2.57. The Balaban J connectivity index is 1.30. The third kappa shape index (κ3) is 5.55. The fourth-order valence-electron chi connectivity index (χ4n) is 7.37. The van der Waals surface area contributed by atoms with Gasteiger partial charge in [0.05, 0.1) is 17.5 Å². The molecule has 2 aromatic heterocycles. The zero-order valence-electron chi connectivity index (χ0n) is 27.0. The van der Waals surface area contributed by atoms with Crippen molar-refractivity contribution in [2.45, 2.75) is 70.7 Å². The number of nitrogens with zero attached hydrogens (tertiary/aromatic N) is 6. The van der Waals surface area contributed by atoms with E-state index in [1.165, 1.54) is 6.07 Å². The summed E-state index contributed by atoms with van der Waals surface area (Å²) in [6.07, 6.45) is 4.25. The molecule has 242 valence electrons. The molecular weight excluding hydrogens is 587 g/mol. The summed E-state index contributed by atoms with van der Waals surface area (Å²) < 4.78 is 28.7. The van der Waals surface area contributed by atoms with Crippen LogP contribution in [0.2, 0.25) is 0 Å². The molecule has 1 amide bonds. The number of piperazine rings is 1. The Bertz CT molecular complexity index is 1810. The minimum atomic E-state index is -0.608. The van der Waals surface area contributed by atoms with E-state index in [9.17, 15) is 9.90 Å². The Morgan fingerprint density at radius 1 is 1.13 bits per heavy atom. The first kappa shape index (κ1) is 30.4. The third-order valence-electron chi connectivity index (χ3n) is 9.62. The van der Waals surface area contributed by atoms with Crippen molar-refractivity contribution in [3.8, 4) is 23.0 Å². The molecule has 46 heavy (non-hydrogen) atoms. The smallest absolute Gasteiger partial charge is 0.410 e. The molecule has 4 atom stereocenters. The Kier molecular flexibility index (Phi) is 7.62. The van der Waals surface area contributed by atoms with E-state index in [0.717, 1.165) is 36.6 Å². The number of fused-ring (bicyclic) bond motifs is 4. The van der Waals surface area contributed by atoms with Crippen molar-refractivity contribution in [2.24, 2.45) is 5.92 Å². The van der Waals surface area contributed by atoms with Crippen LogP contribution >= 0.6 is 0 Å². The van der Waals surface area contributed by atoms with Crippen LogP contribution in [0.3, 0.4) is 0 Å². The predicted molar refractivity (Wildman–Crippen MR) is 175 cm³/mol. The number of rotatable bonds is 5. The number of aromatic hydroxyl groups is 1. The van der Waals surface area contributed by atoms with Crippen LogP contribution in [0, 0.1) is 11.7 Å². The number of likely N-dealkylation sites (tertiary alicyclic amines) is 1.